The van der Waals surface area contributed by atoms with Gasteiger partial charge in [0.1, 0.15) is 0 Å². The van der Waals surface area contributed by atoms with Gasteiger partial charge in [-0.1, -0.05) is 0 Å². The van der Waals surface area contributed by atoms with Crippen molar-refractivity contribution in [2.75, 3.05) is 11.9 Å². The third kappa shape index (κ3) is 1.76. The second kappa shape index (κ2) is 3.77. The lowest BCUT2D eigenvalue weighted by atomic mass is 10.2. The van der Waals surface area contributed by atoms with Crippen molar-refractivity contribution in [3.63, 3.8) is 0 Å². The van der Waals surface area contributed by atoms with Crippen LogP contribution in [0.3, 0.4) is 0 Å². The second-order valence-electron chi connectivity index (χ2n) is 2.93. The Hall–Kier alpha value is -1.39. The fourth-order valence-corrected chi connectivity index (χ4v) is 2.03. The molecule has 72 valence electrons. The summed E-state index contributed by atoms with van der Waals surface area (Å²) >= 11 is 1.68. The van der Waals surface area contributed by atoms with Crippen LogP contribution in [0.2, 0.25) is 0 Å². The lowest BCUT2D eigenvalue weighted by Gasteiger charge is -2.02. The third-order valence-corrected chi connectivity index (χ3v) is 2.82. The van der Waals surface area contributed by atoms with Gasteiger partial charge in [0.15, 0.2) is 0 Å². The van der Waals surface area contributed by atoms with Crippen LogP contribution in [0.4, 0.5) is 5.69 Å². The highest BCUT2D eigenvalue weighted by molar-refractivity contribution is 7.17. The fraction of sp³-hybridized carbons (Fsp3) is 0.100. The SMILES string of the molecule is NCC(=O)Nc1ccc2sccc2c1. The molecule has 0 saturated carbocycles. The molecule has 0 radical (unpaired) electrons. The molecular formula is C10H10N2OS. The molecule has 14 heavy (non-hydrogen) atoms. The second-order valence-corrected chi connectivity index (χ2v) is 3.87. The highest BCUT2D eigenvalue weighted by atomic mass is 32.1. The standard InChI is InChI=1S/C10H10N2OS/c11-6-10(13)12-8-1-2-9-7(5-8)3-4-14-9/h1-5H,6,11H2,(H,12,13). The molecule has 0 aliphatic rings. The Morgan fingerprint density at radius 2 is 2.29 bits per heavy atom. The van der Waals surface area contributed by atoms with Crippen molar-refractivity contribution in [1.29, 1.82) is 0 Å². The summed E-state index contributed by atoms with van der Waals surface area (Å²) in [5.41, 5.74) is 6.00. The summed E-state index contributed by atoms with van der Waals surface area (Å²) in [6.07, 6.45) is 0. The number of hydrogen-bond acceptors (Lipinski definition) is 3. The molecule has 1 aromatic heterocycles. The van der Waals surface area contributed by atoms with Gasteiger partial charge >= 0.3 is 0 Å². The molecule has 4 heteroatoms. The van der Waals surface area contributed by atoms with Crippen molar-refractivity contribution in [1.82, 2.24) is 0 Å². The van der Waals surface area contributed by atoms with Crippen molar-refractivity contribution in [2.45, 2.75) is 0 Å². The predicted molar refractivity (Wildman–Crippen MR) is 59.5 cm³/mol. The van der Waals surface area contributed by atoms with Crippen molar-refractivity contribution >= 4 is 33.0 Å². The minimum absolute atomic E-state index is 0.0155. The number of benzene rings is 1. The zero-order valence-corrected chi connectivity index (χ0v) is 8.30. The molecule has 1 amide bonds. The van der Waals surface area contributed by atoms with E-state index in [4.69, 9.17) is 5.73 Å². The van der Waals surface area contributed by atoms with Gasteiger partial charge in [-0.05, 0) is 35.0 Å². The number of carbonyl (C=O) groups excluding carboxylic acids is 1. The van der Waals surface area contributed by atoms with Crippen LogP contribution >= 0.6 is 11.3 Å². The van der Waals surface area contributed by atoms with Crippen LogP contribution in [-0.2, 0) is 4.79 Å². The largest absolute Gasteiger partial charge is 0.325 e. The van der Waals surface area contributed by atoms with E-state index in [0.29, 0.717) is 0 Å². The molecule has 0 aliphatic heterocycles. The van der Waals surface area contributed by atoms with E-state index in [2.05, 4.69) is 5.32 Å². The first-order valence-corrected chi connectivity index (χ1v) is 5.15. The molecule has 0 aliphatic carbocycles. The summed E-state index contributed by atoms with van der Waals surface area (Å²) in [6, 6.07) is 7.84. The van der Waals surface area contributed by atoms with E-state index in [-0.39, 0.29) is 12.5 Å². The molecular weight excluding hydrogens is 196 g/mol. The maximum Gasteiger partial charge on any atom is 0.238 e. The van der Waals surface area contributed by atoms with Crippen molar-refractivity contribution in [3.05, 3.63) is 29.6 Å². The van der Waals surface area contributed by atoms with Gasteiger partial charge in [0.25, 0.3) is 0 Å². The first kappa shape index (κ1) is 9.18. The third-order valence-electron chi connectivity index (χ3n) is 1.92. The number of thiophene rings is 1. The highest BCUT2D eigenvalue weighted by Crippen LogP contribution is 2.23. The molecule has 0 spiro atoms. The highest BCUT2D eigenvalue weighted by Gasteiger charge is 2.00. The van der Waals surface area contributed by atoms with E-state index >= 15 is 0 Å². The van der Waals surface area contributed by atoms with Gasteiger partial charge < -0.3 is 11.1 Å². The fourth-order valence-electron chi connectivity index (χ4n) is 1.26. The van der Waals surface area contributed by atoms with Crippen LogP contribution in [0.5, 0.6) is 0 Å². The number of hydrogen-bond donors (Lipinski definition) is 2. The zero-order chi connectivity index (χ0) is 9.97. The van der Waals surface area contributed by atoms with Crippen LogP contribution in [0.1, 0.15) is 0 Å². The predicted octanol–water partition coefficient (Wildman–Crippen LogP) is 1.80. The Morgan fingerprint density at radius 3 is 3.07 bits per heavy atom. The number of nitrogens with two attached hydrogens (primary N) is 1. The average Bonchev–Trinajstić information content (AvgIpc) is 2.64. The van der Waals surface area contributed by atoms with Crippen molar-refractivity contribution in [2.24, 2.45) is 5.73 Å². The first-order chi connectivity index (χ1) is 6.79. The number of carbonyl (C=O) groups is 1. The molecule has 0 fully saturated rings. The van der Waals surface area contributed by atoms with Crippen molar-refractivity contribution < 1.29 is 4.79 Å². The summed E-state index contributed by atoms with van der Waals surface area (Å²) in [6.45, 7) is 0.0155. The molecule has 2 rings (SSSR count). The van der Waals surface area contributed by atoms with E-state index in [1.807, 2.05) is 29.6 Å². The normalized spacial score (nSPS) is 10.4. The maximum atomic E-state index is 11.0. The number of nitrogens with one attached hydrogen (secondary N) is 1. The number of rotatable bonds is 2. The molecule has 0 bridgehead atoms. The molecule has 0 saturated heterocycles. The van der Waals surface area contributed by atoms with E-state index in [9.17, 15) is 4.79 Å². The Kier molecular flexibility index (Phi) is 2.47. The topological polar surface area (TPSA) is 55.1 Å². The van der Waals surface area contributed by atoms with E-state index in [1.54, 1.807) is 11.3 Å². The average molecular weight is 206 g/mol. The lowest BCUT2D eigenvalue weighted by Crippen LogP contribution is -2.21. The van der Waals surface area contributed by atoms with E-state index in [0.717, 1.165) is 11.1 Å². The summed E-state index contributed by atoms with van der Waals surface area (Å²) in [7, 11) is 0. The van der Waals surface area contributed by atoms with Crippen LogP contribution in [0.25, 0.3) is 10.1 Å². The van der Waals surface area contributed by atoms with Crippen LogP contribution in [0, 0.1) is 0 Å². The molecule has 2 aromatic rings. The van der Waals surface area contributed by atoms with Crippen LogP contribution in [-0.4, -0.2) is 12.5 Å². The molecule has 1 aromatic carbocycles. The van der Waals surface area contributed by atoms with E-state index in [1.165, 1.54) is 4.70 Å². The smallest absolute Gasteiger partial charge is 0.238 e. The summed E-state index contributed by atoms with van der Waals surface area (Å²) in [5.74, 6) is -0.167. The van der Waals surface area contributed by atoms with Gasteiger partial charge in [-0.25, -0.2) is 0 Å². The number of amides is 1. The molecule has 3 nitrogen and oxygen atoms in total. The summed E-state index contributed by atoms with van der Waals surface area (Å²) < 4.78 is 1.22. The van der Waals surface area contributed by atoms with Gasteiger partial charge in [0.05, 0.1) is 6.54 Å². The Labute approximate surface area is 85.5 Å². The minimum Gasteiger partial charge on any atom is -0.325 e. The van der Waals surface area contributed by atoms with Crippen LogP contribution < -0.4 is 11.1 Å². The molecule has 1 heterocycles. The summed E-state index contributed by atoms with van der Waals surface area (Å²) in [5, 5.41) is 5.88. The maximum absolute atomic E-state index is 11.0. The van der Waals surface area contributed by atoms with Gasteiger partial charge in [-0.2, -0.15) is 0 Å². The quantitative estimate of drug-likeness (QED) is 0.787. The van der Waals surface area contributed by atoms with Gasteiger partial charge in [-0.15, -0.1) is 11.3 Å². The number of anilines is 1. The van der Waals surface area contributed by atoms with Gasteiger partial charge in [0.2, 0.25) is 5.91 Å². The zero-order valence-electron chi connectivity index (χ0n) is 7.49. The van der Waals surface area contributed by atoms with Crippen LogP contribution in [0.15, 0.2) is 29.6 Å². The van der Waals surface area contributed by atoms with E-state index < -0.39 is 0 Å². The number of fused-ring (bicyclic) bond motifs is 1. The Balaban J connectivity index is 2.30. The van der Waals surface area contributed by atoms with Gasteiger partial charge in [-0.3, -0.25) is 4.79 Å². The molecule has 0 unspecified atom stereocenters. The minimum atomic E-state index is -0.167. The molecule has 0 atom stereocenters. The van der Waals surface area contributed by atoms with Crippen molar-refractivity contribution in [3.8, 4) is 0 Å². The Morgan fingerprint density at radius 1 is 1.43 bits per heavy atom. The lowest BCUT2D eigenvalue weighted by molar-refractivity contribution is -0.114. The molecule has 3 N–H and O–H groups in total. The Bertz CT molecular complexity index is 464. The summed E-state index contributed by atoms with van der Waals surface area (Å²) in [4.78, 5) is 11.0. The monoisotopic (exact) mass is 206 g/mol. The first-order valence-electron chi connectivity index (χ1n) is 4.27. The van der Waals surface area contributed by atoms with Gasteiger partial charge in [0, 0.05) is 10.4 Å².